The number of rotatable bonds is 4. The minimum atomic E-state index is -0.324. The molecule has 4 rings (SSSR count). The molecule has 0 spiro atoms. The van der Waals surface area contributed by atoms with Crippen LogP contribution < -0.4 is 10.1 Å². The highest BCUT2D eigenvalue weighted by atomic mass is 16.5. The van der Waals surface area contributed by atoms with E-state index < -0.39 is 0 Å². The summed E-state index contributed by atoms with van der Waals surface area (Å²) in [6.45, 7) is 1.18. The molecule has 0 atom stereocenters. The lowest BCUT2D eigenvalue weighted by Gasteiger charge is -2.28. The van der Waals surface area contributed by atoms with Gasteiger partial charge in [-0.25, -0.2) is 0 Å². The number of fused-ring (bicyclic) bond motifs is 1. The number of benzene rings is 2. The van der Waals surface area contributed by atoms with Crippen molar-refractivity contribution in [3.63, 3.8) is 0 Å². The van der Waals surface area contributed by atoms with E-state index in [0.29, 0.717) is 30.1 Å². The lowest BCUT2D eigenvalue weighted by atomic mass is 9.99. The number of nitrogens with one attached hydrogen (secondary N) is 1. The molecule has 2 heterocycles. The molecule has 29 heavy (non-hydrogen) atoms. The molecule has 0 aliphatic carbocycles. The zero-order chi connectivity index (χ0) is 20.2. The van der Waals surface area contributed by atoms with E-state index in [1.54, 1.807) is 30.2 Å². The van der Waals surface area contributed by atoms with E-state index in [4.69, 9.17) is 4.74 Å². The Morgan fingerprint density at radius 2 is 1.79 bits per heavy atom. The van der Waals surface area contributed by atoms with Gasteiger partial charge in [-0.2, -0.15) is 0 Å². The Balaban J connectivity index is 1.51. The first-order valence-corrected chi connectivity index (χ1v) is 9.42. The van der Waals surface area contributed by atoms with Crippen molar-refractivity contribution in [2.75, 3.05) is 19.0 Å². The fraction of sp³-hybridized carbons (Fsp3) is 0.174. The van der Waals surface area contributed by atoms with Gasteiger partial charge in [-0.15, -0.1) is 0 Å². The molecule has 146 valence electrons. The molecule has 0 saturated carbocycles. The monoisotopic (exact) mass is 387 g/mol. The summed E-state index contributed by atoms with van der Waals surface area (Å²) in [5.41, 5.74) is 3.62. The lowest BCUT2D eigenvalue weighted by molar-refractivity contribution is 0.0728. The predicted octanol–water partition coefficient (Wildman–Crippen LogP) is 3.54. The van der Waals surface area contributed by atoms with Gasteiger partial charge in [0.15, 0.2) is 0 Å². The van der Waals surface area contributed by atoms with E-state index in [9.17, 15) is 9.59 Å². The number of hydrogen-bond acceptors (Lipinski definition) is 4. The SMILES string of the molecule is COc1ccccc1NC(=O)c1ccnc(C(=O)N2CCc3ccccc3C2)c1. The van der Waals surface area contributed by atoms with Crippen LogP contribution in [0, 0.1) is 0 Å². The van der Waals surface area contributed by atoms with Gasteiger partial charge in [0.2, 0.25) is 0 Å². The molecule has 0 radical (unpaired) electrons. The van der Waals surface area contributed by atoms with Gasteiger partial charge in [0, 0.05) is 24.8 Å². The molecular formula is C23H21N3O3. The molecule has 2 amide bonds. The molecule has 2 aromatic carbocycles. The van der Waals surface area contributed by atoms with Crippen molar-refractivity contribution < 1.29 is 14.3 Å². The molecule has 1 N–H and O–H groups in total. The average Bonchev–Trinajstić information content (AvgIpc) is 2.78. The van der Waals surface area contributed by atoms with Crippen LogP contribution in [-0.4, -0.2) is 35.4 Å². The van der Waals surface area contributed by atoms with E-state index in [2.05, 4.69) is 16.4 Å². The second-order valence-electron chi connectivity index (χ2n) is 6.83. The Morgan fingerprint density at radius 1 is 1.03 bits per heavy atom. The highest BCUT2D eigenvalue weighted by Crippen LogP contribution is 2.24. The van der Waals surface area contributed by atoms with Crippen LogP contribution in [-0.2, 0) is 13.0 Å². The minimum absolute atomic E-state index is 0.175. The van der Waals surface area contributed by atoms with Gasteiger partial charge in [-0.05, 0) is 41.8 Å². The van der Waals surface area contributed by atoms with Crippen LogP contribution in [0.4, 0.5) is 5.69 Å². The molecule has 6 heteroatoms. The van der Waals surface area contributed by atoms with Crippen molar-refractivity contribution >= 4 is 17.5 Å². The molecule has 1 aliphatic rings. The van der Waals surface area contributed by atoms with Crippen molar-refractivity contribution in [3.05, 3.63) is 89.2 Å². The van der Waals surface area contributed by atoms with E-state index in [0.717, 1.165) is 12.0 Å². The van der Waals surface area contributed by atoms with E-state index in [-0.39, 0.29) is 17.5 Å². The fourth-order valence-corrected chi connectivity index (χ4v) is 3.46. The Morgan fingerprint density at radius 3 is 2.62 bits per heavy atom. The van der Waals surface area contributed by atoms with Crippen LogP contribution >= 0.6 is 0 Å². The summed E-state index contributed by atoms with van der Waals surface area (Å²) < 4.78 is 5.26. The highest BCUT2D eigenvalue weighted by Gasteiger charge is 2.23. The molecule has 1 aromatic heterocycles. The zero-order valence-electron chi connectivity index (χ0n) is 16.1. The van der Waals surface area contributed by atoms with Crippen LogP contribution in [0.2, 0.25) is 0 Å². The fourth-order valence-electron chi connectivity index (χ4n) is 3.46. The Labute approximate surface area is 169 Å². The number of nitrogens with zero attached hydrogens (tertiary/aromatic N) is 2. The van der Waals surface area contributed by atoms with Gasteiger partial charge < -0.3 is 15.0 Å². The van der Waals surface area contributed by atoms with Crippen LogP contribution in [0.25, 0.3) is 0 Å². The van der Waals surface area contributed by atoms with Crippen molar-refractivity contribution in [1.82, 2.24) is 9.88 Å². The van der Waals surface area contributed by atoms with Gasteiger partial charge in [-0.3, -0.25) is 14.6 Å². The minimum Gasteiger partial charge on any atom is -0.495 e. The van der Waals surface area contributed by atoms with Gasteiger partial charge in [0.05, 0.1) is 12.8 Å². The van der Waals surface area contributed by atoms with Gasteiger partial charge in [0.1, 0.15) is 11.4 Å². The average molecular weight is 387 g/mol. The number of anilines is 1. The first-order chi connectivity index (χ1) is 14.2. The van der Waals surface area contributed by atoms with Gasteiger partial charge >= 0.3 is 0 Å². The number of amides is 2. The summed E-state index contributed by atoms with van der Waals surface area (Å²) in [7, 11) is 1.55. The topological polar surface area (TPSA) is 71.5 Å². The second-order valence-corrected chi connectivity index (χ2v) is 6.83. The summed E-state index contributed by atoms with van der Waals surface area (Å²) in [5.74, 6) is 0.0690. The molecule has 3 aromatic rings. The number of carbonyl (C=O) groups excluding carboxylic acids is 2. The summed E-state index contributed by atoms with van der Waals surface area (Å²) in [6.07, 6.45) is 2.30. The number of carbonyl (C=O) groups is 2. The van der Waals surface area contributed by atoms with Crippen molar-refractivity contribution in [2.45, 2.75) is 13.0 Å². The summed E-state index contributed by atoms with van der Waals surface area (Å²) in [5, 5.41) is 2.82. The molecule has 0 saturated heterocycles. The molecule has 1 aliphatic heterocycles. The van der Waals surface area contributed by atoms with E-state index in [1.807, 2.05) is 30.3 Å². The first kappa shape index (κ1) is 18.7. The van der Waals surface area contributed by atoms with Crippen LogP contribution in [0.3, 0.4) is 0 Å². The van der Waals surface area contributed by atoms with Crippen LogP contribution in [0.1, 0.15) is 32.0 Å². The Hall–Kier alpha value is -3.67. The predicted molar refractivity (Wildman–Crippen MR) is 110 cm³/mol. The normalized spacial score (nSPS) is 12.8. The number of aromatic nitrogens is 1. The largest absolute Gasteiger partial charge is 0.495 e. The van der Waals surface area contributed by atoms with Crippen LogP contribution in [0.5, 0.6) is 5.75 Å². The van der Waals surface area contributed by atoms with Gasteiger partial charge in [0.25, 0.3) is 11.8 Å². The van der Waals surface area contributed by atoms with E-state index >= 15 is 0 Å². The molecular weight excluding hydrogens is 366 g/mol. The maximum atomic E-state index is 13.0. The van der Waals surface area contributed by atoms with Crippen molar-refractivity contribution in [1.29, 1.82) is 0 Å². The summed E-state index contributed by atoms with van der Waals surface area (Å²) in [4.78, 5) is 31.6. The van der Waals surface area contributed by atoms with E-state index in [1.165, 1.54) is 17.8 Å². The summed E-state index contributed by atoms with van der Waals surface area (Å²) in [6, 6.07) is 18.4. The molecule has 0 fully saturated rings. The maximum Gasteiger partial charge on any atom is 0.272 e. The first-order valence-electron chi connectivity index (χ1n) is 9.42. The van der Waals surface area contributed by atoms with Gasteiger partial charge in [-0.1, -0.05) is 36.4 Å². The molecule has 0 bridgehead atoms. The number of methoxy groups -OCH3 is 1. The maximum absolute atomic E-state index is 13.0. The van der Waals surface area contributed by atoms with Crippen molar-refractivity contribution in [2.24, 2.45) is 0 Å². The number of hydrogen-bond donors (Lipinski definition) is 1. The number of ether oxygens (including phenoxy) is 1. The molecule has 0 unspecified atom stereocenters. The third-order valence-electron chi connectivity index (χ3n) is 5.01. The molecule has 6 nitrogen and oxygen atoms in total. The third kappa shape index (κ3) is 3.96. The summed E-state index contributed by atoms with van der Waals surface area (Å²) >= 11 is 0. The zero-order valence-corrected chi connectivity index (χ0v) is 16.1. The Bertz CT molecular complexity index is 1060. The quantitative estimate of drug-likeness (QED) is 0.743. The standard InChI is InChI=1S/C23H21N3O3/c1-29-21-9-5-4-8-19(21)25-22(27)17-10-12-24-20(14-17)23(28)26-13-11-16-6-2-3-7-18(16)15-26/h2-10,12,14H,11,13,15H2,1H3,(H,25,27). The number of para-hydroxylation sites is 2. The highest BCUT2D eigenvalue weighted by molar-refractivity contribution is 6.06. The lowest BCUT2D eigenvalue weighted by Crippen LogP contribution is -2.36. The second kappa shape index (κ2) is 8.14. The number of pyridine rings is 1. The van der Waals surface area contributed by atoms with Crippen molar-refractivity contribution in [3.8, 4) is 5.75 Å². The third-order valence-corrected chi connectivity index (χ3v) is 5.01. The smallest absolute Gasteiger partial charge is 0.272 e. The van der Waals surface area contributed by atoms with Crippen LogP contribution in [0.15, 0.2) is 66.9 Å². The Kier molecular flexibility index (Phi) is 5.24.